The van der Waals surface area contributed by atoms with E-state index in [1.54, 1.807) is 24.3 Å². The van der Waals surface area contributed by atoms with Gasteiger partial charge in [0, 0.05) is 36.3 Å². The maximum Gasteiger partial charge on any atom is 0.262 e. The Morgan fingerprint density at radius 3 is 2.62 bits per heavy atom. The molecule has 7 nitrogen and oxygen atoms in total. The summed E-state index contributed by atoms with van der Waals surface area (Å²) >= 11 is 0. The summed E-state index contributed by atoms with van der Waals surface area (Å²) in [6.07, 6.45) is 3.59. The smallest absolute Gasteiger partial charge is 0.262 e. The van der Waals surface area contributed by atoms with Gasteiger partial charge in [-0.05, 0) is 62.6 Å². The van der Waals surface area contributed by atoms with E-state index in [2.05, 4.69) is 34.6 Å². The SMILES string of the molecule is CC(=O)Nc1cccc(NC(=O)COc2cccc3ccc(N4CCCCC4C)nc23)c1. The molecule has 0 bridgehead atoms. The van der Waals surface area contributed by atoms with Crippen molar-refractivity contribution in [2.45, 2.75) is 39.2 Å². The maximum absolute atomic E-state index is 12.5. The normalized spacial score (nSPS) is 15.9. The Bertz CT molecular complexity index is 1130. The van der Waals surface area contributed by atoms with Crippen molar-refractivity contribution in [3.8, 4) is 5.75 Å². The second-order valence-corrected chi connectivity index (χ2v) is 8.13. The number of nitrogens with one attached hydrogen (secondary N) is 2. The van der Waals surface area contributed by atoms with E-state index in [-0.39, 0.29) is 18.4 Å². The largest absolute Gasteiger partial charge is 0.481 e. The van der Waals surface area contributed by atoms with Crippen LogP contribution in [0.2, 0.25) is 0 Å². The molecule has 0 radical (unpaired) electrons. The predicted molar refractivity (Wildman–Crippen MR) is 127 cm³/mol. The first-order chi connectivity index (χ1) is 15.5. The van der Waals surface area contributed by atoms with Gasteiger partial charge in [0.1, 0.15) is 17.1 Å². The summed E-state index contributed by atoms with van der Waals surface area (Å²) in [4.78, 5) is 30.9. The second-order valence-electron chi connectivity index (χ2n) is 8.13. The van der Waals surface area contributed by atoms with Crippen LogP contribution in [0.5, 0.6) is 5.75 Å². The molecule has 1 fully saturated rings. The van der Waals surface area contributed by atoms with Gasteiger partial charge in [0.25, 0.3) is 5.91 Å². The zero-order valence-corrected chi connectivity index (χ0v) is 18.4. The molecular formula is C25H28N4O3. The van der Waals surface area contributed by atoms with Crippen LogP contribution in [-0.4, -0.2) is 36.0 Å². The van der Waals surface area contributed by atoms with E-state index in [9.17, 15) is 9.59 Å². The molecule has 1 aliphatic heterocycles. The lowest BCUT2D eigenvalue weighted by Gasteiger charge is -2.34. The van der Waals surface area contributed by atoms with Crippen LogP contribution < -0.4 is 20.3 Å². The minimum atomic E-state index is -0.289. The van der Waals surface area contributed by atoms with Crippen LogP contribution >= 0.6 is 0 Å². The lowest BCUT2D eigenvalue weighted by atomic mass is 10.0. The number of anilines is 3. The number of carbonyl (C=O) groups is 2. The molecule has 4 rings (SSSR count). The van der Waals surface area contributed by atoms with Crippen LogP contribution in [-0.2, 0) is 9.59 Å². The summed E-state index contributed by atoms with van der Waals surface area (Å²) in [7, 11) is 0. The van der Waals surface area contributed by atoms with E-state index in [4.69, 9.17) is 9.72 Å². The number of carbonyl (C=O) groups excluding carboxylic acids is 2. The highest BCUT2D eigenvalue weighted by Crippen LogP contribution is 2.29. The van der Waals surface area contributed by atoms with Crippen molar-refractivity contribution in [2.24, 2.45) is 0 Å². The van der Waals surface area contributed by atoms with E-state index in [1.807, 2.05) is 18.2 Å². The highest BCUT2D eigenvalue weighted by molar-refractivity contribution is 5.94. The van der Waals surface area contributed by atoms with E-state index < -0.39 is 0 Å². The molecule has 0 saturated carbocycles. The molecule has 32 heavy (non-hydrogen) atoms. The van der Waals surface area contributed by atoms with Gasteiger partial charge in [-0.2, -0.15) is 0 Å². The van der Waals surface area contributed by atoms with Gasteiger partial charge < -0.3 is 20.3 Å². The number of hydrogen-bond acceptors (Lipinski definition) is 5. The molecule has 1 saturated heterocycles. The molecule has 2 amide bonds. The number of para-hydroxylation sites is 1. The molecule has 7 heteroatoms. The Hall–Kier alpha value is -3.61. The van der Waals surface area contributed by atoms with Gasteiger partial charge in [0.05, 0.1) is 0 Å². The number of nitrogens with zero attached hydrogens (tertiary/aromatic N) is 2. The third-order valence-electron chi connectivity index (χ3n) is 5.59. The number of piperidine rings is 1. The van der Waals surface area contributed by atoms with Gasteiger partial charge in [-0.3, -0.25) is 9.59 Å². The van der Waals surface area contributed by atoms with Crippen LogP contribution in [0.4, 0.5) is 17.2 Å². The number of ether oxygens (including phenoxy) is 1. The average Bonchev–Trinajstić information content (AvgIpc) is 2.77. The Balaban J connectivity index is 1.46. The molecule has 2 N–H and O–H groups in total. The van der Waals surface area contributed by atoms with Gasteiger partial charge in [-0.25, -0.2) is 4.98 Å². The number of rotatable bonds is 6. The van der Waals surface area contributed by atoms with Gasteiger partial charge in [0.15, 0.2) is 6.61 Å². The lowest BCUT2D eigenvalue weighted by molar-refractivity contribution is -0.118. The van der Waals surface area contributed by atoms with Gasteiger partial charge in [-0.1, -0.05) is 18.2 Å². The van der Waals surface area contributed by atoms with Crippen molar-refractivity contribution in [3.05, 3.63) is 54.6 Å². The minimum Gasteiger partial charge on any atom is -0.481 e. The van der Waals surface area contributed by atoms with Crippen molar-refractivity contribution in [1.29, 1.82) is 0 Å². The molecule has 0 spiro atoms. The van der Waals surface area contributed by atoms with Gasteiger partial charge in [-0.15, -0.1) is 0 Å². The fourth-order valence-electron chi connectivity index (χ4n) is 4.04. The number of fused-ring (bicyclic) bond motifs is 1. The van der Waals surface area contributed by atoms with E-state index in [0.29, 0.717) is 23.2 Å². The van der Waals surface area contributed by atoms with E-state index in [1.165, 1.54) is 26.2 Å². The first-order valence-electron chi connectivity index (χ1n) is 11.0. The standard InChI is InChI=1S/C25H28N4O3/c1-17-7-3-4-14-29(17)23-13-12-19-8-5-11-22(25(19)28-23)32-16-24(31)27-21-10-6-9-20(15-21)26-18(2)30/h5-6,8-13,15,17H,3-4,7,14,16H2,1-2H3,(H,26,30)(H,27,31). The first kappa shape index (κ1) is 21.6. The summed E-state index contributed by atoms with van der Waals surface area (Å²) in [5, 5.41) is 6.47. The predicted octanol–water partition coefficient (Wildman–Crippen LogP) is 4.59. The zero-order chi connectivity index (χ0) is 22.5. The molecular weight excluding hydrogens is 404 g/mol. The Morgan fingerprint density at radius 1 is 1.06 bits per heavy atom. The van der Waals surface area contributed by atoms with Gasteiger partial charge in [0.2, 0.25) is 5.91 Å². The fourth-order valence-corrected chi connectivity index (χ4v) is 4.04. The molecule has 2 heterocycles. The molecule has 1 aromatic heterocycles. The van der Waals surface area contributed by atoms with Crippen LogP contribution in [0.3, 0.4) is 0 Å². The molecule has 1 aliphatic rings. The number of pyridine rings is 1. The van der Waals surface area contributed by atoms with Crippen molar-refractivity contribution >= 4 is 39.9 Å². The average molecular weight is 433 g/mol. The van der Waals surface area contributed by atoms with Crippen LogP contribution in [0.1, 0.15) is 33.1 Å². The molecule has 1 atom stereocenters. The van der Waals surface area contributed by atoms with Crippen molar-refractivity contribution in [2.75, 3.05) is 28.7 Å². The third-order valence-corrected chi connectivity index (χ3v) is 5.59. The van der Waals surface area contributed by atoms with Crippen LogP contribution in [0.15, 0.2) is 54.6 Å². The van der Waals surface area contributed by atoms with Crippen molar-refractivity contribution < 1.29 is 14.3 Å². The molecule has 166 valence electrons. The third kappa shape index (κ3) is 5.17. The number of amides is 2. The molecule has 2 aromatic carbocycles. The molecule has 1 unspecified atom stereocenters. The summed E-state index contributed by atoms with van der Waals surface area (Å²) in [5.41, 5.74) is 1.96. The fraction of sp³-hybridized carbons (Fsp3) is 0.320. The molecule has 0 aliphatic carbocycles. The zero-order valence-electron chi connectivity index (χ0n) is 18.4. The van der Waals surface area contributed by atoms with Crippen LogP contribution in [0, 0.1) is 0 Å². The summed E-state index contributed by atoms with van der Waals surface area (Å²) in [6.45, 7) is 4.53. The Labute approximate surface area is 187 Å². The van der Waals surface area contributed by atoms with Crippen LogP contribution in [0.25, 0.3) is 10.9 Å². The lowest BCUT2D eigenvalue weighted by Crippen LogP contribution is -2.37. The highest BCUT2D eigenvalue weighted by Gasteiger charge is 2.20. The summed E-state index contributed by atoms with van der Waals surface area (Å²) in [6, 6.07) is 17.3. The van der Waals surface area contributed by atoms with Crippen molar-refractivity contribution in [1.82, 2.24) is 4.98 Å². The Morgan fingerprint density at radius 2 is 1.84 bits per heavy atom. The van der Waals surface area contributed by atoms with Crippen molar-refractivity contribution in [3.63, 3.8) is 0 Å². The highest BCUT2D eigenvalue weighted by atomic mass is 16.5. The Kier molecular flexibility index (Phi) is 6.54. The number of benzene rings is 2. The quantitative estimate of drug-likeness (QED) is 0.595. The van der Waals surface area contributed by atoms with E-state index >= 15 is 0 Å². The summed E-state index contributed by atoms with van der Waals surface area (Å²) in [5.74, 6) is 1.07. The maximum atomic E-state index is 12.5. The number of hydrogen-bond donors (Lipinski definition) is 2. The summed E-state index contributed by atoms with van der Waals surface area (Å²) < 4.78 is 5.85. The first-order valence-corrected chi connectivity index (χ1v) is 11.0. The second kappa shape index (κ2) is 9.68. The van der Waals surface area contributed by atoms with Gasteiger partial charge >= 0.3 is 0 Å². The van der Waals surface area contributed by atoms with E-state index in [0.717, 1.165) is 23.3 Å². The number of aromatic nitrogens is 1. The molecule has 3 aromatic rings. The topological polar surface area (TPSA) is 83.6 Å². The monoisotopic (exact) mass is 432 g/mol. The minimum absolute atomic E-state index is 0.143.